The number of amides is 2. The zero-order chi connectivity index (χ0) is 12.5. The van der Waals surface area contributed by atoms with Gasteiger partial charge in [-0.05, 0) is 18.4 Å². The fourth-order valence-electron chi connectivity index (χ4n) is 1.14. The summed E-state index contributed by atoms with van der Waals surface area (Å²) < 4.78 is 2.67. The molecule has 17 heavy (non-hydrogen) atoms. The Morgan fingerprint density at radius 3 is 3.00 bits per heavy atom. The van der Waals surface area contributed by atoms with Crippen LogP contribution in [0.1, 0.15) is 6.42 Å². The van der Waals surface area contributed by atoms with Crippen molar-refractivity contribution in [1.29, 1.82) is 0 Å². The number of hydrogen-bond acceptors (Lipinski definition) is 5. The zero-order valence-corrected chi connectivity index (χ0v) is 10.8. The van der Waals surface area contributed by atoms with E-state index in [0.717, 1.165) is 24.5 Å². The van der Waals surface area contributed by atoms with E-state index in [0.29, 0.717) is 0 Å². The number of carbonyl (C=O) groups is 1. The first-order chi connectivity index (χ1) is 8.24. The first-order valence-corrected chi connectivity index (χ1v) is 6.29. The Labute approximate surface area is 105 Å². The van der Waals surface area contributed by atoms with E-state index in [2.05, 4.69) is 20.0 Å². The molecule has 94 valence electrons. The molecule has 0 unspecified atom stereocenters. The van der Waals surface area contributed by atoms with Crippen LogP contribution in [0, 0.1) is 0 Å². The third kappa shape index (κ3) is 5.39. The number of nitrogens with zero attached hydrogens (tertiary/aromatic N) is 3. The third-order valence-corrected chi connectivity index (χ3v) is 2.90. The zero-order valence-electron chi connectivity index (χ0n) is 10.0. The number of anilines is 1. The first kappa shape index (κ1) is 13.6. The van der Waals surface area contributed by atoms with Crippen LogP contribution in [0.5, 0.6) is 0 Å². The summed E-state index contributed by atoms with van der Waals surface area (Å²) in [5.41, 5.74) is 0. The van der Waals surface area contributed by atoms with Gasteiger partial charge in [-0.15, -0.1) is 0 Å². The Balaban J connectivity index is 2.13. The van der Waals surface area contributed by atoms with E-state index in [4.69, 9.17) is 0 Å². The van der Waals surface area contributed by atoms with E-state index in [1.54, 1.807) is 25.6 Å². The highest BCUT2D eigenvalue weighted by atomic mass is 32.2. The maximum absolute atomic E-state index is 10.9. The van der Waals surface area contributed by atoms with E-state index < -0.39 is 0 Å². The number of rotatable bonds is 6. The molecule has 6 nitrogen and oxygen atoms in total. The van der Waals surface area contributed by atoms with Crippen LogP contribution in [-0.2, 0) is 0 Å². The minimum atomic E-state index is -0.169. The van der Waals surface area contributed by atoms with Crippen molar-refractivity contribution in [2.75, 3.05) is 31.3 Å². The maximum atomic E-state index is 10.9. The SMILES string of the molecule is CNC(=O)NSCCCN(C)c1cnccn1. The van der Waals surface area contributed by atoms with Gasteiger partial charge in [-0.1, -0.05) is 0 Å². The molecule has 0 saturated heterocycles. The molecular formula is C10H17N5OS. The molecule has 0 atom stereocenters. The fourth-order valence-corrected chi connectivity index (χ4v) is 1.75. The van der Waals surface area contributed by atoms with Crippen molar-refractivity contribution in [2.24, 2.45) is 0 Å². The van der Waals surface area contributed by atoms with Crippen molar-refractivity contribution in [2.45, 2.75) is 6.42 Å². The van der Waals surface area contributed by atoms with Crippen molar-refractivity contribution in [3.05, 3.63) is 18.6 Å². The molecule has 1 rings (SSSR count). The van der Waals surface area contributed by atoms with Crippen LogP contribution < -0.4 is 14.9 Å². The summed E-state index contributed by atoms with van der Waals surface area (Å²) in [4.78, 5) is 21.1. The number of aromatic nitrogens is 2. The van der Waals surface area contributed by atoms with Crippen LogP contribution in [-0.4, -0.2) is 42.4 Å². The lowest BCUT2D eigenvalue weighted by Crippen LogP contribution is -2.28. The largest absolute Gasteiger partial charge is 0.358 e. The summed E-state index contributed by atoms with van der Waals surface area (Å²) in [6, 6.07) is -0.169. The second kappa shape index (κ2) is 7.72. The van der Waals surface area contributed by atoms with E-state index in [1.807, 2.05) is 11.9 Å². The average molecular weight is 255 g/mol. The van der Waals surface area contributed by atoms with E-state index in [9.17, 15) is 4.79 Å². The van der Waals surface area contributed by atoms with Gasteiger partial charge in [-0.2, -0.15) is 0 Å². The van der Waals surface area contributed by atoms with Gasteiger partial charge in [0.05, 0.1) is 6.20 Å². The molecule has 0 fully saturated rings. The lowest BCUT2D eigenvalue weighted by Gasteiger charge is -2.16. The molecule has 1 aromatic rings. The monoisotopic (exact) mass is 255 g/mol. The van der Waals surface area contributed by atoms with Crippen molar-refractivity contribution in [3.8, 4) is 0 Å². The van der Waals surface area contributed by atoms with Crippen LogP contribution >= 0.6 is 11.9 Å². The fraction of sp³-hybridized carbons (Fsp3) is 0.500. The van der Waals surface area contributed by atoms with Gasteiger partial charge >= 0.3 is 6.03 Å². The Kier molecular flexibility index (Phi) is 6.16. The van der Waals surface area contributed by atoms with Gasteiger partial charge in [-0.25, -0.2) is 9.78 Å². The summed E-state index contributed by atoms with van der Waals surface area (Å²) in [6.45, 7) is 0.876. The molecule has 2 amide bonds. The Bertz CT molecular complexity index is 335. The van der Waals surface area contributed by atoms with Gasteiger partial charge in [0.15, 0.2) is 0 Å². The van der Waals surface area contributed by atoms with Crippen molar-refractivity contribution in [1.82, 2.24) is 20.0 Å². The molecule has 0 aliphatic heterocycles. The number of hydrogen-bond donors (Lipinski definition) is 2. The van der Waals surface area contributed by atoms with E-state index in [-0.39, 0.29) is 6.03 Å². The Hall–Kier alpha value is -1.50. The summed E-state index contributed by atoms with van der Waals surface area (Å²) in [5, 5.41) is 2.49. The average Bonchev–Trinajstić information content (AvgIpc) is 2.38. The van der Waals surface area contributed by atoms with Crippen molar-refractivity contribution < 1.29 is 4.79 Å². The minimum absolute atomic E-state index is 0.169. The van der Waals surface area contributed by atoms with Crippen LogP contribution in [0.25, 0.3) is 0 Å². The van der Waals surface area contributed by atoms with Crippen LogP contribution in [0.3, 0.4) is 0 Å². The molecule has 1 heterocycles. The molecule has 7 heteroatoms. The molecule has 0 spiro atoms. The highest BCUT2D eigenvalue weighted by Gasteiger charge is 2.01. The van der Waals surface area contributed by atoms with Crippen LogP contribution in [0.2, 0.25) is 0 Å². The molecular weight excluding hydrogens is 238 g/mol. The third-order valence-electron chi connectivity index (χ3n) is 2.07. The lowest BCUT2D eigenvalue weighted by atomic mass is 10.4. The molecule has 0 aromatic carbocycles. The molecule has 2 N–H and O–H groups in total. The number of urea groups is 1. The van der Waals surface area contributed by atoms with Crippen LogP contribution in [0.4, 0.5) is 10.6 Å². The van der Waals surface area contributed by atoms with Gasteiger partial charge in [0.1, 0.15) is 5.82 Å². The highest BCUT2D eigenvalue weighted by Crippen LogP contribution is 2.06. The standard InChI is InChI=1S/C10H17N5OS/c1-11-10(16)14-17-7-3-6-15(2)9-8-12-4-5-13-9/h4-5,8H,3,6-7H2,1-2H3,(H2,11,14,16). The molecule has 0 aliphatic carbocycles. The molecule has 0 aliphatic rings. The van der Waals surface area contributed by atoms with Crippen molar-refractivity contribution >= 4 is 23.8 Å². The second-order valence-electron chi connectivity index (χ2n) is 3.37. The molecule has 1 aromatic heterocycles. The number of carbonyl (C=O) groups excluding carboxylic acids is 1. The van der Waals surface area contributed by atoms with Crippen molar-refractivity contribution in [3.63, 3.8) is 0 Å². The topological polar surface area (TPSA) is 70.2 Å². The first-order valence-electron chi connectivity index (χ1n) is 5.30. The molecule has 0 radical (unpaired) electrons. The summed E-state index contributed by atoms with van der Waals surface area (Å²) in [6.07, 6.45) is 6.02. The lowest BCUT2D eigenvalue weighted by molar-refractivity contribution is 0.248. The Morgan fingerprint density at radius 2 is 2.35 bits per heavy atom. The van der Waals surface area contributed by atoms with Gasteiger partial charge in [0, 0.05) is 38.8 Å². The van der Waals surface area contributed by atoms with Gasteiger partial charge in [0.25, 0.3) is 0 Å². The van der Waals surface area contributed by atoms with Gasteiger partial charge < -0.3 is 10.2 Å². The predicted molar refractivity (Wildman–Crippen MR) is 70.0 cm³/mol. The predicted octanol–water partition coefficient (Wildman–Crippen LogP) is 0.880. The quantitative estimate of drug-likeness (QED) is 0.583. The normalized spacial score (nSPS) is 9.76. The summed E-state index contributed by atoms with van der Waals surface area (Å²) >= 11 is 1.40. The maximum Gasteiger partial charge on any atom is 0.324 e. The van der Waals surface area contributed by atoms with Crippen LogP contribution in [0.15, 0.2) is 18.6 Å². The van der Waals surface area contributed by atoms with E-state index >= 15 is 0 Å². The van der Waals surface area contributed by atoms with E-state index in [1.165, 1.54) is 11.9 Å². The minimum Gasteiger partial charge on any atom is -0.358 e. The molecule has 0 saturated carbocycles. The second-order valence-corrected chi connectivity index (χ2v) is 4.27. The summed E-state index contributed by atoms with van der Waals surface area (Å²) in [7, 11) is 3.57. The summed E-state index contributed by atoms with van der Waals surface area (Å²) in [5.74, 6) is 1.72. The Morgan fingerprint density at radius 1 is 1.53 bits per heavy atom. The smallest absolute Gasteiger partial charge is 0.324 e. The highest BCUT2D eigenvalue weighted by molar-refractivity contribution is 7.97. The van der Waals surface area contributed by atoms with Gasteiger partial charge in [-0.3, -0.25) is 9.71 Å². The molecule has 0 bridgehead atoms. The van der Waals surface area contributed by atoms with Gasteiger partial charge in [0.2, 0.25) is 0 Å². The number of nitrogens with one attached hydrogen (secondary N) is 2.